The molecule has 0 saturated carbocycles. The van der Waals surface area contributed by atoms with E-state index in [1.165, 1.54) is 0 Å². The van der Waals surface area contributed by atoms with Gasteiger partial charge in [0.05, 0.1) is 5.56 Å². The molecule has 8 aromatic carbocycles. The second-order valence-electron chi connectivity index (χ2n) is 13.5. The summed E-state index contributed by atoms with van der Waals surface area (Å²) < 4.78 is 13.2. The van der Waals surface area contributed by atoms with Gasteiger partial charge in [-0.1, -0.05) is 133 Å². The maximum atomic E-state index is 6.64. The van der Waals surface area contributed by atoms with E-state index in [1.54, 1.807) is 0 Å². The van der Waals surface area contributed by atoms with Crippen LogP contribution in [0.2, 0.25) is 0 Å². The van der Waals surface area contributed by atoms with E-state index >= 15 is 0 Å². The van der Waals surface area contributed by atoms with Crippen LogP contribution >= 0.6 is 0 Å². The first kappa shape index (κ1) is 30.2. The van der Waals surface area contributed by atoms with E-state index in [2.05, 4.69) is 91.0 Å². The molecular formula is C48H28N4O2. The molecule has 0 spiro atoms. The lowest BCUT2D eigenvalue weighted by atomic mass is 9.99. The molecule has 3 heterocycles. The van der Waals surface area contributed by atoms with Gasteiger partial charge in [0.1, 0.15) is 16.7 Å². The van der Waals surface area contributed by atoms with Crippen LogP contribution in [-0.2, 0) is 0 Å². The number of para-hydroxylation sites is 1. The Morgan fingerprint density at radius 2 is 0.926 bits per heavy atom. The van der Waals surface area contributed by atoms with Gasteiger partial charge in [0.2, 0.25) is 5.89 Å². The van der Waals surface area contributed by atoms with E-state index in [0.717, 1.165) is 65.7 Å². The number of hydrogen-bond acceptors (Lipinski definition) is 6. The van der Waals surface area contributed by atoms with Gasteiger partial charge in [-0.25, -0.2) is 19.9 Å². The summed E-state index contributed by atoms with van der Waals surface area (Å²) in [5, 5.41) is 6.36. The molecule has 54 heavy (non-hydrogen) atoms. The van der Waals surface area contributed by atoms with Gasteiger partial charge in [-0.05, 0) is 69.1 Å². The van der Waals surface area contributed by atoms with Gasteiger partial charge in [0, 0.05) is 27.5 Å². The van der Waals surface area contributed by atoms with Crippen molar-refractivity contribution < 1.29 is 8.83 Å². The fraction of sp³-hybridized carbons (Fsp3) is 0. The summed E-state index contributed by atoms with van der Waals surface area (Å²) in [6.07, 6.45) is 0. The third kappa shape index (κ3) is 5.04. The van der Waals surface area contributed by atoms with E-state index in [9.17, 15) is 0 Å². The van der Waals surface area contributed by atoms with E-state index in [-0.39, 0.29) is 0 Å². The largest absolute Gasteiger partial charge is 0.455 e. The first-order chi connectivity index (χ1) is 26.7. The zero-order chi connectivity index (χ0) is 35.6. The number of hydrogen-bond donors (Lipinski definition) is 0. The molecule has 6 heteroatoms. The maximum Gasteiger partial charge on any atom is 0.227 e. The zero-order valence-electron chi connectivity index (χ0n) is 28.8. The minimum absolute atomic E-state index is 0.449. The molecule has 0 fully saturated rings. The molecule has 0 aliphatic rings. The minimum Gasteiger partial charge on any atom is -0.455 e. The van der Waals surface area contributed by atoms with Gasteiger partial charge in [-0.3, -0.25) is 0 Å². The van der Waals surface area contributed by atoms with Crippen molar-refractivity contribution in [3.05, 3.63) is 170 Å². The predicted octanol–water partition coefficient (Wildman–Crippen LogP) is 12.6. The lowest BCUT2D eigenvalue weighted by molar-refractivity contribution is 0.620. The van der Waals surface area contributed by atoms with Crippen molar-refractivity contribution in [3.63, 3.8) is 0 Å². The highest BCUT2D eigenvalue weighted by molar-refractivity contribution is 6.16. The van der Waals surface area contributed by atoms with Crippen LogP contribution in [0.25, 0.3) is 111 Å². The molecule has 252 valence electrons. The van der Waals surface area contributed by atoms with E-state index in [1.807, 2.05) is 78.9 Å². The van der Waals surface area contributed by atoms with Crippen LogP contribution in [0.3, 0.4) is 0 Å². The topological polar surface area (TPSA) is 77.8 Å². The first-order valence-corrected chi connectivity index (χ1v) is 17.9. The van der Waals surface area contributed by atoms with Crippen molar-refractivity contribution in [3.8, 4) is 56.7 Å². The molecule has 0 atom stereocenters. The molecule has 0 bridgehead atoms. The van der Waals surface area contributed by atoms with Crippen molar-refractivity contribution in [1.82, 2.24) is 19.9 Å². The number of nitrogens with zero attached hydrogens (tertiary/aromatic N) is 4. The van der Waals surface area contributed by atoms with Crippen molar-refractivity contribution >= 4 is 54.6 Å². The van der Waals surface area contributed by atoms with Gasteiger partial charge in [0.25, 0.3) is 0 Å². The fourth-order valence-electron chi connectivity index (χ4n) is 7.42. The highest BCUT2D eigenvalue weighted by Gasteiger charge is 2.25. The zero-order valence-corrected chi connectivity index (χ0v) is 28.8. The Morgan fingerprint density at radius 3 is 1.74 bits per heavy atom. The second-order valence-corrected chi connectivity index (χ2v) is 13.5. The molecule has 11 rings (SSSR count). The van der Waals surface area contributed by atoms with E-state index in [4.69, 9.17) is 28.8 Å². The predicted molar refractivity (Wildman–Crippen MR) is 217 cm³/mol. The van der Waals surface area contributed by atoms with Gasteiger partial charge in [0.15, 0.2) is 23.1 Å². The number of furan rings is 1. The molecule has 0 saturated heterocycles. The molecule has 11 aromatic rings. The third-order valence-corrected chi connectivity index (χ3v) is 10.1. The first-order valence-electron chi connectivity index (χ1n) is 17.9. The minimum atomic E-state index is 0.449. The smallest absolute Gasteiger partial charge is 0.227 e. The molecule has 0 unspecified atom stereocenters. The van der Waals surface area contributed by atoms with Crippen LogP contribution in [0.15, 0.2) is 179 Å². The number of aromatic nitrogens is 4. The summed E-state index contributed by atoms with van der Waals surface area (Å²) in [6.45, 7) is 0. The normalized spacial score (nSPS) is 11.7. The van der Waals surface area contributed by atoms with Crippen molar-refractivity contribution in [1.29, 1.82) is 0 Å². The molecule has 0 N–H and O–H groups in total. The van der Waals surface area contributed by atoms with Crippen LogP contribution in [-0.4, -0.2) is 19.9 Å². The highest BCUT2D eigenvalue weighted by Crippen LogP contribution is 2.42. The Bertz CT molecular complexity index is 3220. The maximum absolute atomic E-state index is 6.64. The Balaban J connectivity index is 1.16. The fourth-order valence-corrected chi connectivity index (χ4v) is 7.42. The van der Waals surface area contributed by atoms with Crippen molar-refractivity contribution in [2.75, 3.05) is 0 Å². The molecular weight excluding hydrogens is 665 g/mol. The SMILES string of the molecule is c1ccc(-c2ccc3ccc(-c4nc(-c5ccccc5)nc(-c5c6nc(-c7ccc8ccccc8c7)oc6cc6c5oc5ccccc56)n4)cc3c2)cc1. The summed E-state index contributed by atoms with van der Waals surface area (Å²) in [5.74, 6) is 2.05. The third-order valence-electron chi connectivity index (χ3n) is 10.1. The van der Waals surface area contributed by atoms with Crippen LogP contribution in [0.5, 0.6) is 0 Å². The number of fused-ring (bicyclic) bond motifs is 6. The van der Waals surface area contributed by atoms with Gasteiger partial charge in [-0.2, -0.15) is 0 Å². The molecule has 0 aliphatic carbocycles. The van der Waals surface area contributed by atoms with Crippen molar-refractivity contribution in [2.24, 2.45) is 0 Å². The van der Waals surface area contributed by atoms with E-state index < -0.39 is 0 Å². The molecule has 0 amide bonds. The monoisotopic (exact) mass is 692 g/mol. The summed E-state index contributed by atoms with van der Waals surface area (Å²) in [5.41, 5.74) is 8.24. The highest BCUT2D eigenvalue weighted by atomic mass is 16.4. The number of benzene rings is 8. The summed E-state index contributed by atoms with van der Waals surface area (Å²) in [7, 11) is 0. The van der Waals surface area contributed by atoms with Crippen LogP contribution in [0, 0.1) is 0 Å². The standard InChI is InChI=1S/C48H28N4O2/c1-3-11-29(12-4-1)34-22-19-31-20-23-35(27-37(31)26-34)46-50-45(32-14-5-2-6-15-32)51-47(52-46)42-43-41(28-39-38-17-9-10-18-40(38)53-44(39)42)54-48(49-43)36-24-21-30-13-7-8-16-33(30)25-36/h1-28H. The Kier molecular flexibility index (Phi) is 6.75. The van der Waals surface area contributed by atoms with Gasteiger partial charge >= 0.3 is 0 Å². The lowest BCUT2D eigenvalue weighted by Gasteiger charge is -2.10. The average molecular weight is 693 g/mol. The van der Waals surface area contributed by atoms with Crippen molar-refractivity contribution in [2.45, 2.75) is 0 Å². The average Bonchev–Trinajstić information content (AvgIpc) is 3.84. The molecule has 3 aromatic heterocycles. The Hall–Kier alpha value is -7.44. The Morgan fingerprint density at radius 1 is 0.333 bits per heavy atom. The Labute approximate surface area is 309 Å². The molecule has 0 aliphatic heterocycles. The van der Waals surface area contributed by atoms with Gasteiger partial charge in [-0.15, -0.1) is 0 Å². The number of oxazole rings is 1. The summed E-state index contributed by atoms with van der Waals surface area (Å²) in [4.78, 5) is 20.6. The quantitative estimate of drug-likeness (QED) is 0.179. The molecule has 0 radical (unpaired) electrons. The summed E-state index contributed by atoms with van der Waals surface area (Å²) >= 11 is 0. The van der Waals surface area contributed by atoms with Crippen LogP contribution in [0.4, 0.5) is 0 Å². The van der Waals surface area contributed by atoms with E-state index in [0.29, 0.717) is 45.6 Å². The molecule has 6 nitrogen and oxygen atoms in total. The van der Waals surface area contributed by atoms with Crippen LogP contribution in [0.1, 0.15) is 0 Å². The second kappa shape index (κ2) is 12.1. The van der Waals surface area contributed by atoms with Gasteiger partial charge < -0.3 is 8.83 Å². The number of rotatable bonds is 5. The summed E-state index contributed by atoms with van der Waals surface area (Å²) in [6, 6.07) is 57.9. The lowest BCUT2D eigenvalue weighted by Crippen LogP contribution is -2.01. The van der Waals surface area contributed by atoms with Crippen LogP contribution < -0.4 is 0 Å².